The van der Waals surface area contributed by atoms with Crippen LogP contribution in [0.15, 0.2) is 18.3 Å². The van der Waals surface area contributed by atoms with Crippen LogP contribution >= 0.6 is 0 Å². The van der Waals surface area contributed by atoms with Crippen LogP contribution in [0.2, 0.25) is 0 Å². The van der Waals surface area contributed by atoms with Gasteiger partial charge in [-0.2, -0.15) is 5.10 Å². The molecule has 4 rings (SSSR count). The van der Waals surface area contributed by atoms with Crippen molar-refractivity contribution in [2.75, 3.05) is 39.3 Å². The molecular weight excluding hydrogens is 368 g/mol. The van der Waals surface area contributed by atoms with E-state index in [2.05, 4.69) is 15.2 Å². The molecule has 2 aromatic rings. The number of rotatable bonds is 7. The molecule has 2 aliphatic heterocycles. The average molecular weight is 399 g/mol. The third kappa shape index (κ3) is 4.58. The van der Waals surface area contributed by atoms with E-state index in [0.717, 1.165) is 49.3 Å². The molecule has 0 saturated carbocycles. The van der Waals surface area contributed by atoms with Crippen LogP contribution in [0, 0.1) is 0 Å². The van der Waals surface area contributed by atoms with E-state index >= 15 is 0 Å². The fraction of sp³-hybridized carbons (Fsp3) is 0.619. The Bertz CT molecular complexity index is 873. The topological polar surface area (TPSA) is 83.4 Å². The molecule has 2 aliphatic rings. The van der Waals surface area contributed by atoms with Crippen molar-refractivity contribution in [1.29, 1.82) is 0 Å². The summed E-state index contributed by atoms with van der Waals surface area (Å²) in [5.74, 6) is 0.447. The minimum absolute atomic E-state index is 0.0921. The smallest absolute Gasteiger partial charge is 0.221 e. The summed E-state index contributed by atoms with van der Waals surface area (Å²) in [6, 6.07) is 3.97. The third-order valence-electron chi connectivity index (χ3n) is 6.06. The molecular formula is C21H30N6O2. The molecule has 2 fully saturated rings. The second-order valence-corrected chi connectivity index (χ2v) is 8.08. The first-order valence-corrected chi connectivity index (χ1v) is 10.7. The summed E-state index contributed by atoms with van der Waals surface area (Å²) in [6.07, 6.45) is 5.73. The summed E-state index contributed by atoms with van der Waals surface area (Å²) in [4.78, 5) is 32.6. The van der Waals surface area contributed by atoms with Gasteiger partial charge in [-0.15, -0.1) is 0 Å². The quantitative estimate of drug-likeness (QED) is 0.762. The molecule has 29 heavy (non-hydrogen) atoms. The highest BCUT2D eigenvalue weighted by molar-refractivity contribution is 5.79. The van der Waals surface area contributed by atoms with Crippen LogP contribution in [0.1, 0.15) is 44.2 Å². The first-order chi connectivity index (χ1) is 14.1. The second kappa shape index (κ2) is 8.90. The standard InChI is InChI=1S/C21H30N6O2/c1-16(28)26-13-6-17(15-26)20-18-5-4-8-23-21(18)27(24-20)14-9-22-19(29)7-12-25-10-2-3-11-25/h4-5,8,17H,2-3,6-7,9-15H2,1H3,(H,22,29)/t17-/m1/s1. The van der Waals surface area contributed by atoms with Gasteiger partial charge in [-0.25, -0.2) is 9.67 Å². The molecule has 0 spiro atoms. The van der Waals surface area contributed by atoms with E-state index in [4.69, 9.17) is 5.10 Å². The van der Waals surface area contributed by atoms with Crippen molar-refractivity contribution >= 4 is 22.8 Å². The molecule has 2 amide bonds. The lowest BCUT2D eigenvalue weighted by atomic mass is 10.0. The Hall–Kier alpha value is -2.48. The molecule has 8 nitrogen and oxygen atoms in total. The normalized spacial score (nSPS) is 19.9. The Balaban J connectivity index is 1.36. The van der Waals surface area contributed by atoms with Crippen molar-refractivity contribution in [1.82, 2.24) is 29.9 Å². The van der Waals surface area contributed by atoms with E-state index in [1.165, 1.54) is 12.8 Å². The largest absolute Gasteiger partial charge is 0.354 e. The summed E-state index contributed by atoms with van der Waals surface area (Å²) in [5, 5.41) is 8.89. The lowest BCUT2D eigenvalue weighted by Gasteiger charge is -2.14. The predicted octanol–water partition coefficient (Wildman–Crippen LogP) is 1.37. The molecule has 1 atom stereocenters. The number of amides is 2. The minimum atomic E-state index is 0.0921. The number of likely N-dealkylation sites (tertiary alicyclic amines) is 2. The number of pyridine rings is 1. The van der Waals surface area contributed by atoms with Gasteiger partial charge in [-0.3, -0.25) is 9.59 Å². The van der Waals surface area contributed by atoms with Gasteiger partial charge in [0.05, 0.1) is 12.2 Å². The van der Waals surface area contributed by atoms with Crippen LogP contribution in [0.5, 0.6) is 0 Å². The van der Waals surface area contributed by atoms with Crippen LogP contribution in [0.3, 0.4) is 0 Å². The van der Waals surface area contributed by atoms with E-state index in [1.807, 2.05) is 21.7 Å². The Morgan fingerprint density at radius 2 is 2.03 bits per heavy atom. The summed E-state index contributed by atoms with van der Waals surface area (Å²) < 4.78 is 1.89. The summed E-state index contributed by atoms with van der Waals surface area (Å²) in [7, 11) is 0. The van der Waals surface area contributed by atoms with E-state index in [-0.39, 0.29) is 17.7 Å². The maximum absolute atomic E-state index is 12.1. The molecule has 156 valence electrons. The Labute approximate surface area is 171 Å². The number of hydrogen-bond donors (Lipinski definition) is 1. The Morgan fingerprint density at radius 3 is 2.79 bits per heavy atom. The summed E-state index contributed by atoms with van der Waals surface area (Å²) >= 11 is 0. The molecule has 0 aliphatic carbocycles. The van der Waals surface area contributed by atoms with Crippen molar-refractivity contribution in [2.24, 2.45) is 0 Å². The van der Waals surface area contributed by atoms with E-state index in [1.54, 1.807) is 13.1 Å². The number of nitrogens with one attached hydrogen (secondary N) is 1. The third-order valence-corrected chi connectivity index (χ3v) is 6.06. The molecule has 2 aromatic heterocycles. The first kappa shape index (κ1) is 19.8. The van der Waals surface area contributed by atoms with Crippen molar-refractivity contribution in [3.8, 4) is 0 Å². The van der Waals surface area contributed by atoms with Crippen molar-refractivity contribution < 1.29 is 9.59 Å². The maximum atomic E-state index is 12.1. The fourth-order valence-corrected chi connectivity index (χ4v) is 4.42. The van der Waals surface area contributed by atoms with Crippen molar-refractivity contribution in [2.45, 2.75) is 45.1 Å². The highest BCUT2D eigenvalue weighted by Crippen LogP contribution is 2.31. The van der Waals surface area contributed by atoms with Crippen molar-refractivity contribution in [3.63, 3.8) is 0 Å². The van der Waals surface area contributed by atoms with Crippen LogP contribution in [-0.2, 0) is 16.1 Å². The van der Waals surface area contributed by atoms with Crippen LogP contribution in [0.4, 0.5) is 0 Å². The number of fused-ring (bicyclic) bond motifs is 1. The Kier molecular flexibility index (Phi) is 6.08. The minimum Gasteiger partial charge on any atom is -0.354 e. The molecule has 4 heterocycles. The zero-order chi connectivity index (χ0) is 20.2. The molecule has 1 N–H and O–H groups in total. The number of nitrogens with zero attached hydrogens (tertiary/aromatic N) is 5. The lowest BCUT2D eigenvalue weighted by Crippen LogP contribution is -2.31. The fourth-order valence-electron chi connectivity index (χ4n) is 4.42. The van der Waals surface area contributed by atoms with Gasteiger partial charge in [-0.05, 0) is 44.5 Å². The number of aromatic nitrogens is 3. The highest BCUT2D eigenvalue weighted by atomic mass is 16.2. The predicted molar refractivity (Wildman–Crippen MR) is 110 cm³/mol. The van der Waals surface area contributed by atoms with Gasteiger partial charge >= 0.3 is 0 Å². The monoisotopic (exact) mass is 398 g/mol. The highest BCUT2D eigenvalue weighted by Gasteiger charge is 2.29. The zero-order valence-electron chi connectivity index (χ0n) is 17.1. The van der Waals surface area contributed by atoms with Gasteiger partial charge in [0.15, 0.2) is 5.65 Å². The van der Waals surface area contributed by atoms with Crippen LogP contribution < -0.4 is 5.32 Å². The van der Waals surface area contributed by atoms with E-state index in [9.17, 15) is 9.59 Å². The lowest BCUT2D eigenvalue weighted by molar-refractivity contribution is -0.127. The van der Waals surface area contributed by atoms with Gasteiger partial charge in [0.25, 0.3) is 0 Å². The molecule has 8 heteroatoms. The number of carbonyl (C=O) groups excluding carboxylic acids is 2. The second-order valence-electron chi connectivity index (χ2n) is 8.08. The van der Waals surface area contributed by atoms with E-state index in [0.29, 0.717) is 26.1 Å². The zero-order valence-corrected chi connectivity index (χ0v) is 17.1. The molecule has 0 radical (unpaired) electrons. The van der Waals surface area contributed by atoms with Crippen LogP contribution in [-0.4, -0.2) is 75.6 Å². The van der Waals surface area contributed by atoms with Gasteiger partial charge in [-0.1, -0.05) is 0 Å². The van der Waals surface area contributed by atoms with Crippen LogP contribution in [0.25, 0.3) is 11.0 Å². The van der Waals surface area contributed by atoms with Gasteiger partial charge in [0.2, 0.25) is 11.8 Å². The van der Waals surface area contributed by atoms with Gasteiger partial charge < -0.3 is 15.1 Å². The summed E-state index contributed by atoms with van der Waals surface area (Å²) in [5.41, 5.74) is 1.85. The molecule has 2 saturated heterocycles. The number of hydrogen-bond acceptors (Lipinski definition) is 5. The van der Waals surface area contributed by atoms with Gasteiger partial charge in [0, 0.05) is 57.0 Å². The average Bonchev–Trinajstić information content (AvgIpc) is 3.46. The Morgan fingerprint density at radius 1 is 1.21 bits per heavy atom. The SMILES string of the molecule is CC(=O)N1CC[C@@H](c2nn(CCNC(=O)CCN3CCCC3)c3ncccc23)C1. The van der Waals surface area contributed by atoms with E-state index < -0.39 is 0 Å². The summed E-state index contributed by atoms with van der Waals surface area (Å²) in [6.45, 7) is 7.31. The first-order valence-electron chi connectivity index (χ1n) is 10.7. The molecule has 0 aromatic carbocycles. The molecule has 0 unspecified atom stereocenters. The van der Waals surface area contributed by atoms with Gasteiger partial charge in [0.1, 0.15) is 0 Å². The van der Waals surface area contributed by atoms with Crippen molar-refractivity contribution in [3.05, 3.63) is 24.0 Å². The number of carbonyl (C=O) groups is 2. The molecule has 0 bridgehead atoms. The maximum Gasteiger partial charge on any atom is 0.221 e.